The fourth-order valence-electron chi connectivity index (χ4n) is 4.97. The fraction of sp³-hybridized carbons (Fsp3) is 0.281. The van der Waals surface area contributed by atoms with Gasteiger partial charge in [-0.15, -0.1) is 0 Å². The molecule has 3 amide bonds. The first kappa shape index (κ1) is 28.5. The van der Waals surface area contributed by atoms with Gasteiger partial charge in [-0.2, -0.15) is 0 Å². The summed E-state index contributed by atoms with van der Waals surface area (Å²) in [5.74, 6) is 1.66. The molecule has 0 spiro atoms. The highest BCUT2D eigenvalue weighted by molar-refractivity contribution is 8.14. The predicted octanol–water partition coefficient (Wildman–Crippen LogP) is 4.97. The summed E-state index contributed by atoms with van der Waals surface area (Å²) >= 11 is 1.18. The number of amides is 3. The van der Waals surface area contributed by atoms with Crippen molar-refractivity contribution in [3.63, 3.8) is 0 Å². The highest BCUT2D eigenvalue weighted by atomic mass is 32.2. The van der Waals surface area contributed by atoms with Crippen LogP contribution in [0.25, 0.3) is 0 Å². The van der Waals surface area contributed by atoms with Crippen molar-refractivity contribution in [2.45, 2.75) is 45.2 Å². The lowest BCUT2D eigenvalue weighted by molar-refractivity contribution is -0.125. The van der Waals surface area contributed by atoms with Gasteiger partial charge in [0.25, 0.3) is 5.91 Å². The minimum Gasteiger partial charge on any atom is -0.454 e. The quantitative estimate of drug-likeness (QED) is 0.360. The summed E-state index contributed by atoms with van der Waals surface area (Å²) in [5.41, 5.74) is 4.21. The number of amidine groups is 2. The molecule has 0 aromatic heterocycles. The number of fused-ring (bicyclic) bond motifs is 4. The summed E-state index contributed by atoms with van der Waals surface area (Å²) in [6, 6.07) is 20.0. The number of carbonyl (C=O) groups is 3. The Morgan fingerprint density at radius 1 is 1.02 bits per heavy atom. The normalized spacial score (nSPS) is 16.4. The molecule has 0 saturated carbocycles. The van der Waals surface area contributed by atoms with Gasteiger partial charge in [0.05, 0.1) is 11.4 Å². The molecule has 11 heteroatoms. The standard InChI is InChI=1S/C32H31N5O5S/c1-19(2)21-8-10-22(11-9-21)34-29(39)17-43-32-36-24-6-4-3-5-23(24)30-35-25(31(40)37(30)32)12-14-28(38)33-16-20-7-13-26-27(15-20)42-18-41-26/h3-11,13,15,19,25H,12,14,16-18H2,1-2H3,(H,33,38)(H,34,39). The van der Waals surface area contributed by atoms with E-state index in [-0.39, 0.29) is 43.1 Å². The monoisotopic (exact) mass is 597 g/mol. The number of para-hydroxylation sites is 1. The van der Waals surface area contributed by atoms with E-state index in [1.54, 1.807) is 0 Å². The third kappa shape index (κ3) is 6.26. The number of benzene rings is 3. The van der Waals surface area contributed by atoms with Crippen LogP contribution in [0.5, 0.6) is 11.5 Å². The van der Waals surface area contributed by atoms with Crippen LogP contribution in [-0.2, 0) is 20.9 Å². The van der Waals surface area contributed by atoms with Crippen LogP contribution < -0.4 is 20.1 Å². The molecule has 0 saturated heterocycles. The van der Waals surface area contributed by atoms with Gasteiger partial charge in [0.1, 0.15) is 11.9 Å². The van der Waals surface area contributed by atoms with Crippen LogP contribution in [-0.4, -0.2) is 52.2 Å². The largest absolute Gasteiger partial charge is 0.454 e. The van der Waals surface area contributed by atoms with Crippen molar-refractivity contribution in [3.8, 4) is 11.5 Å². The van der Waals surface area contributed by atoms with E-state index < -0.39 is 6.04 Å². The SMILES string of the molecule is CC(C)c1ccc(NC(=O)CSC2=Nc3ccccc3C3=NC(CCC(=O)NCc4ccc5c(c4)OCO5)C(=O)N23)cc1. The molecule has 1 unspecified atom stereocenters. The Hall–Kier alpha value is -4.64. The number of hydrogen-bond acceptors (Lipinski definition) is 8. The minimum absolute atomic E-state index is 0.0664. The number of rotatable bonds is 9. The summed E-state index contributed by atoms with van der Waals surface area (Å²) in [4.78, 5) is 49.9. The third-order valence-corrected chi connectivity index (χ3v) is 8.25. The van der Waals surface area contributed by atoms with E-state index in [1.807, 2.05) is 66.7 Å². The van der Waals surface area contributed by atoms with Crippen molar-refractivity contribution in [1.29, 1.82) is 0 Å². The zero-order valence-electron chi connectivity index (χ0n) is 23.8. The number of thioether (sulfide) groups is 1. The number of ether oxygens (including phenoxy) is 2. The Labute approximate surface area is 253 Å². The molecule has 1 atom stereocenters. The van der Waals surface area contributed by atoms with Crippen LogP contribution >= 0.6 is 11.8 Å². The molecule has 6 rings (SSSR count). The lowest BCUT2D eigenvalue weighted by Crippen LogP contribution is -2.41. The molecule has 3 aliphatic heterocycles. The van der Waals surface area contributed by atoms with Crippen molar-refractivity contribution < 1.29 is 23.9 Å². The lowest BCUT2D eigenvalue weighted by Gasteiger charge is -2.25. The molecule has 3 aromatic carbocycles. The molecule has 2 N–H and O–H groups in total. The smallest absolute Gasteiger partial charge is 0.259 e. The zero-order valence-corrected chi connectivity index (χ0v) is 24.6. The van der Waals surface area contributed by atoms with Crippen LogP contribution in [0.3, 0.4) is 0 Å². The van der Waals surface area contributed by atoms with Crippen LogP contribution in [0.1, 0.15) is 49.3 Å². The number of nitrogens with zero attached hydrogens (tertiary/aromatic N) is 3. The van der Waals surface area contributed by atoms with Gasteiger partial charge in [-0.25, -0.2) is 9.89 Å². The zero-order chi connectivity index (χ0) is 29.9. The van der Waals surface area contributed by atoms with Crippen molar-refractivity contribution >= 4 is 51.9 Å². The van der Waals surface area contributed by atoms with E-state index in [4.69, 9.17) is 19.5 Å². The van der Waals surface area contributed by atoms with Crippen LogP contribution in [0.15, 0.2) is 76.7 Å². The average molecular weight is 598 g/mol. The number of hydrogen-bond donors (Lipinski definition) is 2. The first-order chi connectivity index (χ1) is 20.9. The molecule has 220 valence electrons. The highest BCUT2D eigenvalue weighted by Crippen LogP contribution is 2.35. The Balaban J connectivity index is 1.07. The van der Waals surface area contributed by atoms with Gasteiger partial charge in [-0.05, 0) is 59.9 Å². The molecule has 43 heavy (non-hydrogen) atoms. The second-order valence-corrected chi connectivity index (χ2v) is 11.6. The Kier molecular flexibility index (Phi) is 8.15. The second kappa shape index (κ2) is 12.3. The van der Waals surface area contributed by atoms with Crippen LogP contribution in [0.2, 0.25) is 0 Å². The maximum absolute atomic E-state index is 13.5. The Morgan fingerprint density at radius 3 is 2.63 bits per heavy atom. The molecule has 0 bridgehead atoms. The first-order valence-corrected chi connectivity index (χ1v) is 15.1. The number of aliphatic imine (C=N–C) groups is 2. The van der Waals surface area contributed by atoms with Gasteiger partial charge in [0.2, 0.25) is 18.6 Å². The second-order valence-electron chi connectivity index (χ2n) is 10.7. The highest BCUT2D eigenvalue weighted by Gasteiger charge is 2.41. The van der Waals surface area contributed by atoms with Crippen molar-refractivity contribution in [2.24, 2.45) is 9.98 Å². The molecule has 0 fully saturated rings. The summed E-state index contributed by atoms with van der Waals surface area (Å²) in [6.07, 6.45) is 0.379. The molecule has 0 aliphatic carbocycles. The summed E-state index contributed by atoms with van der Waals surface area (Å²) in [5, 5.41) is 6.20. The summed E-state index contributed by atoms with van der Waals surface area (Å²) in [6.45, 7) is 4.76. The summed E-state index contributed by atoms with van der Waals surface area (Å²) < 4.78 is 10.7. The van der Waals surface area contributed by atoms with E-state index in [9.17, 15) is 14.4 Å². The van der Waals surface area contributed by atoms with E-state index in [0.717, 1.165) is 11.1 Å². The van der Waals surface area contributed by atoms with Gasteiger partial charge in [-0.1, -0.05) is 55.9 Å². The molecule has 3 aliphatic rings. The molecule has 10 nitrogen and oxygen atoms in total. The van der Waals surface area contributed by atoms with Crippen LogP contribution in [0, 0.1) is 0 Å². The van der Waals surface area contributed by atoms with Crippen molar-refractivity contribution in [1.82, 2.24) is 10.2 Å². The van der Waals surface area contributed by atoms with Gasteiger partial charge < -0.3 is 20.1 Å². The molecular weight excluding hydrogens is 566 g/mol. The van der Waals surface area contributed by atoms with Gasteiger partial charge in [0, 0.05) is 24.2 Å². The fourth-order valence-corrected chi connectivity index (χ4v) is 5.77. The number of nitrogens with one attached hydrogen (secondary N) is 2. The topological polar surface area (TPSA) is 122 Å². The number of carbonyl (C=O) groups excluding carboxylic acids is 3. The van der Waals surface area contributed by atoms with E-state index in [2.05, 4.69) is 24.5 Å². The Bertz CT molecular complexity index is 1640. The van der Waals surface area contributed by atoms with Crippen molar-refractivity contribution in [2.75, 3.05) is 17.9 Å². The average Bonchev–Trinajstić information content (AvgIpc) is 3.62. The molecule has 3 aromatic rings. The van der Waals surface area contributed by atoms with Crippen LogP contribution in [0.4, 0.5) is 11.4 Å². The van der Waals surface area contributed by atoms with Gasteiger partial charge in [0.15, 0.2) is 16.7 Å². The van der Waals surface area contributed by atoms with Crippen molar-refractivity contribution in [3.05, 3.63) is 83.4 Å². The minimum atomic E-state index is -0.725. The first-order valence-electron chi connectivity index (χ1n) is 14.1. The van der Waals surface area contributed by atoms with E-state index >= 15 is 0 Å². The Morgan fingerprint density at radius 2 is 1.81 bits per heavy atom. The third-order valence-electron chi connectivity index (χ3n) is 7.31. The maximum Gasteiger partial charge on any atom is 0.259 e. The van der Waals surface area contributed by atoms with Gasteiger partial charge >= 0.3 is 0 Å². The summed E-state index contributed by atoms with van der Waals surface area (Å²) in [7, 11) is 0. The molecule has 3 heterocycles. The maximum atomic E-state index is 13.5. The lowest BCUT2D eigenvalue weighted by atomic mass is 10.0. The van der Waals surface area contributed by atoms with E-state index in [1.165, 1.54) is 22.2 Å². The van der Waals surface area contributed by atoms with Gasteiger partial charge in [-0.3, -0.25) is 19.4 Å². The molecule has 0 radical (unpaired) electrons. The van der Waals surface area contributed by atoms with E-state index in [0.29, 0.717) is 46.3 Å². The molecular formula is C32H31N5O5S. The predicted molar refractivity (Wildman–Crippen MR) is 166 cm³/mol. The number of anilines is 1.